The number of hydrogen-bond acceptors (Lipinski definition) is 3. The van der Waals surface area contributed by atoms with Gasteiger partial charge in [-0.25, -0.2) is 0 Å². The largest absolute Gasteiger partial charge is 0.494 e. The summed E-state index contributed by atoms with van der Waals surface area (Å²) in [6.07, 6.45) is 1.21. The van der Waals surface area contributed by atoms with E-state index in [1.54, 1.807) is 24.3 Å². The Balaban J connectivity index is 1.92. The Labute approximate surface area is 149 Å². The Hall–Kier alpha value is -2.62. The van der Waals surface area contributed by atoms with Gasteiger partial charge in [-0.1, -0.05) is 25.1 Å². The van der Waals surface area contributed by atoms with E-state index in [0.717, 1.165) is 29.0 Å². The molecule has 0 aliphatic carbocycles. The van der Waals surface area contributed by atoms with Gasteiger partial charge < -0.3 is 10.1 Å². The summed E-state index contributed by atoms with van der Waals surface area (Å²) in [5.74, 6) is 0.561. The van der Waals surface area contributed by atoms with Gasteiger partial charge in [0, 0.05) is 24.1 Å². The fourth-order valence-electron chi connectivity index (χ4n) is 2.68. The van der Waals surface area contributed by atoms with Crippen molar-refractivity contribution >= 4 is 17.4 Å². The summed E-state index contributed by atoms with van der Waals surface area (Å²) in [6, 6.07) is 13.0. The van der Waals surface area contributed by atoms with Crippen LogP contribution < -0.4 is 10.1 Å². The molecule has 0 aromatic heterocycles. The second-order valence-electron chi connectivity index (χ2n) is 5.89. The molecule has 0 fully saturated rings. The molecule has 0 aliphatic rings. The molecule has 2 aromatic rings. The first-order valence-electron chi connectivity index (χ1n) is 8.69. The van der Waals surface area contributed by atoms with E-state index in [-0.39, 0.29) is 24.5 Å². The normalized spacial score (nSPS) is 10.4. The number of anilines is 1. The zero-order chi connectivity index (χ0) is 18.2. The average molecular weight is 339 g/mol. The van der Waals surface area contributed by atoms with Crippen LogP contribution in [0.1, 0.15) is 48.2 Å². The molecule has 0 heterocycles. The molecule has 0 atom stereocenters. The average Bonchev–Trinajstić information content (AvgIpc) is 2.62. The third-order valence-electron chi connectivity index (χ3n) is 4.07. The maximum Gasteiger partial charge on any atom is 0.224 e. The zero-order valence-electron chi connectivity index (χ0n) is 15.1. The van der Waals surface area contributed by atoms with Gasteiger partial charge in [0.05, 0.1) is 6.61 Å². The van der Waals surface area contributed by atoms with E-state index in [2.05, 4.69) is 12.2 Å². The van der Waals surface area contributed by atoms with E-state index in [4.69, 9.17) is 4.74 Å². The molecule has 0 saturated heterocycles. The Morgan fingerprint density at radius 1 is 1.00 bits per heavy atom. The van der Waals surface area contributed by atoms with E-state index in [1.807, 2.05) is 32.0 Å². The maximum absolute atomic E-state index is 12.2. The van der Waals surface area contributed by atoms with E-state index >= 15 is 0 Å². The summed E-state index contributed by atoms with van der Waals surface area (Å²) in [5, 5.41) is 2.95. The first kappa shape index (κ1) is 18.7. The molecule has 1 N–H and O–H groups in total. The lowest BCUT2D eigenvalue weighted by Gasteiger charge is -2.12. The van der Waals surface area contributed by atoms with Gasteiger partial charge in [-0.3, -0.25) is 9.59 Å². The molecular weight excluding hydrogens is 314 g/mol. The third kappa shape index (κ3) is 5.18. The molecule has 1 amide bonds. The van der Waals surface area contributed by atoms with E-state index in [0.29, 0.717) is 12.2 Å². The standard InChI is InChI=1S/C21H25NO3/c1-4-16-8-6-7-15(3)21(16)22-20(24)14-13-19(23)17-9-11-18(12-10-17)25-5-2/h6-12H,4-5,13-14H2,1-3H3,(H,22,24). The summed E-state index contributed by atoms with van der Waals surface area (Å²) >= 11 is 0. The van der Waals surface area contributed by atoms with Crippen molar-refractivity contribution in [2.45, 2.75) is 40.0 Å². The van der Waals surface area contributed by atoms with Gasteiger partial charge in [0.25, 0.3) is 0 Å². The predicted octanol–water partition coefficient (Wildman–Crippen LogP) is 4.56. The second-order valence-corrected chi connectivity index (χ2v) is 5.89. The molecule has 0 spiro atoms. The highest BCUT2D eigenvalue weighted by molar-refractivity contribution is 6.00. The van der Waals surface area contributed by atoms with Crippen LogP contribution in [0.3, 0.4) is 0 Å². The lowest BCUT2D eigenvalue weighted by Crippen LogP contribution is -2.15. The van der Waals surface area contributed by atoms with Crippen LogP contribution in [-0.4, -0.2) is 18.3 Å². The van der Waals surface area contributed by atoms with Crippen LogP contribution in [0.5, 0.6) is 5.75 Å². The summed E-state index contributed by atoms with van der Waals surface area (Å²) < 4.78 is 5.36. The number of ether oxygens (including phenoxy) is 1. The maximum atomic E-state index is 12.2. The van der Waals surface area contributed by atoms with Crippen molar-refractivity contribution in [3.63, 3.8) is 0 Å². The minimum absolute atomic E-state index is 0.0429. The van der Waals surface area contributed by atoms with Crippen LogP contribution in [0.4, 0.5) is 5.69 Å². The number of benzene rings is 2. The number of carbonyl (C=O) groups excluding carboxylic acids is 2. The molecule has 2 rings (SSSR count). The van der Waals surface area contributed by atoms with Crippen molar-refractivity contribution in [2.75, 3.05) is 11.9 Å². The number of carbonyl (C=O) groups is 2. The Bertz CT molecular complexity index is 735. The van der Waals surface area contributed by atoms with Crippen LogP contribution in [0.25, 0.3) is 0 Å². The molecular formula is C21H25NO3. The highest BCUT2D eigenvalue weighted by Gasteiger charge is 2.12. The highest BCUT2D eigenvalue weighted by Crippen LogP contribution is 2.21. The van der Waals surface area contributed by atoms with Crippen molar-refractivity contribution < 1.29 is 14.3 Å². The van der Waals surface area contributed by atoms with E-state index in [9.17, 15) is 9.59 Å². The van der Waals surface area contributed by atoms with Crippen molar-refractivity contribution in [1.29, 1.82) is 0 Å². The number of nitrogens with one attached hydrogen (secondary N) is 1. The van der Waals surface area contributed by atoms with Crippen molar-refractivity contribution in [1.82, 2.24) is 0 Å². The number of rotatable bonds is 8. The Morgan fingerprint density at radius 2 is 1.72 bits per heavy atom. The molecule has 0 aliphatic heterocycles. The Kier molecular flexibility index (Phi) is 6.75. The predicted molar refractivity (Wildman–Crippen MR) is 100 cm³/mol. The molecule has 0 bridgehead atoms. The SMILES string of the molecule is CCOc1ccc(C(=O)CCC(=O)Nc2c(C)cccc2CC)cc1. The summed E-state index contributed by atoms with van der Waals surface area (Å²) in [6.45, 7) is 6.53. The zero-order valence-corrected chi connectivity index (χ0v) is 15.1. The van der Waals surface area contributed by atoms with Gasteiger partial charge in [0.1, 0.15) is 5.75 Å². The second kappa shape index (κ2) is 9.02. The van der Waals surface area contributed by atoms with Crippen molar-refractivity contribution in [3.05, 3.63) is 59.2 Å². The fourth-order valence-corrected chi connectivity index (χ4v) is 2.68. The first-order valence-corrected chi connectivity index (χ1v) is 8.69. The topological polar surface area (TPSA) is 55.4 Å². The quantitative estimate of drug-likeness (QED) is 0.717. The summed E-state index contributed by atoms with van der Waals surface area (Å²) in [4.78, 5) is 24.5. The minimum Gasteiger partial charge on any atom is -0.494 e. The number of aryl methyl sites for hydroxylation is 2. The molecule has 0 radical (unpaired) electrons. The number of amides is 1. The van der Waals surface area contributed by atoms with Gasteiger partial charge in [-0.15, -0.1) is 0 Å². The lowest BCUT2D eigenvalue weighted by molar-refractivity contribution is -0.116. The van der Waals surface area contributed by atoms with E-state index in [1.165, 1.54) is 0 Å². The third-order valence-corrected chi connectivity index (χ3v) is 4.07. The van der Waals surface area contributed by atoms with Gasteiger partial charge >= 0.3 is 0 Å². The van der Waals surface area contributed by atoms with E-state index < -0.39 is 0 Å². The first-order chi connectivity index (χ1) is 12.0. The Morgan fingerprint density at radius 3 is 2.36 bits per heavy atom. The van der Waals surface area contributed by atoms with Crippen LogP contribution >= 0.6 is 0 Å². The molecule has 2 aromatic carbocycles. The van der Waals surface area contributed by atoms with Gasteiger partial charge in [0.15, 0.2) is 5.78 Å². The molecule has 4 heteroatoms. The molecule has 0 unspecified atom stereocenters. The van der Waals surface area contributed by atoms with Crippen molar-refractivity contribution in [2.24, 2.45) is 0 Å². The molecule has 4 nitrogen and oxygen atoms in total. The van der Waals surface area contributed by atoms with Gasteiger partial charge in [-0.2, -0.15) is 0 Å². The van der Waals surface area contributed by atoms with Crippen LogP contribution in [-0.2, 0) is 11.2 Å². The lowest BCUT2D eigenvalue weighted by atomic mass is 10.0. The van der Waals surface area contributed by atoms with Gasteiger partial charge in [-0.05, 0) is 55.7 Å². The van der Waals surface area contributed by atoms with Crippen molar-refractivity contribution in [3.8, 4) is 5.75 Å². The number of hydrogen-bond donors (Lipinski definition) is 1. The molecule has 132 valence electrons. The highest BCUT2D eigenvalue weighted by atomic mass is 16.5. The minimum atomic E-state index is -0.136. The smallest absolute Gasteiger partial charge is 0.224 e. The molecule has 0 saturated carbocycles. The van der Waals surface area contributed by atoms with Crippen LogP contribution in [0.15, 0.2) is 42.5 Å². The number of Topliss-reactive ketones (excluding diaryl/α,β-unsaturated/α-hetero) is 1. The summed E-state index contributed by atoms with van der Waals surface area (Å²) in [5.41, 5.74) is 3.60. The van der Waals surface area contributed by atoms with Crippen LogP contribution in [0.2, 0.25) is 0 Å². The monoisotopic (exact) mass is 339 g/mol. The number of para-hydroxylation sites is 1. The number of ketones is 1. The fraction of sp³-hybridized carbons (Fsp3) is 0.333. The van der Waals surface area contributed by atoms with Crippen LogP contribution in [0, 0.1) is 6.92 Å². The van der Waals surface area contributed by atoms with Gasteiger partial charge in [0.2, 0.25) is 5.91 Å². The summed E-state index contributed by atoms with van der Waals surface area (Å²) in [7, 11) is 0. The molecule has 25 heavy (non-hydrogen) atoms.